The summed E-state index contributed by atoms with van der Waals surface area (Å²) in [5, 5.41) is 23.9. The van der Waals surface area contributed by atoms with Crippen molar-refractivity contribution in [3.05, 3.63) is 0 Å². The van der Waals surface area contributed by atoms with E-state index >= 15 is 0 Å². The number of aliphatic carboxylic acids is 1. The topological polar surface area (TPSA) is 87.0 Å². The molecule has 1 unspecified atom stereocenters. The van der Waals surface area contributed by atoms with Crippen LogP contribution in [0, 0.1) is 0 Å². The lowest BCUT2D eigenvalue weighted by atomic mass is 10.4. The molecule has 0 amide bonds. The SMILES string of the molecule is CC(O)CO.CCCC(=O)O.COC. The second-order valence-electron chi connectivity index (χ2n) is 2.58. The zero-order chi connectivity index (χ0) is 12.0. The first-order chi connectivity index (χ1) is 6.45. The van der Waals surface area contributed by atoms with Crippen molar-refractivity contribution in [3.63, 3.8) is 0 Å². The minimum absolute atomic E-state index is 0.139. The van der Waals surface area contributed by atoms with E-state index in [0.717, 1.165) is 6.42 Å². The highest BCUT2D eigenvalue weighted by molar-refractivity contribution is 5.66. The fourth-order valence-corrected chi connectivity index (χ4v) is 0.214. The fraction of sp³-hybridized carbons (Fsp3) is 0.889. The monoisotopic (exact) mass is 210 g/mol. The standard InChI is InChI=1S/C4H8O2.C3H8O2.C2H6O/c1-2-3-4(5)6;1-3(5)2-4;1-3-2/h2-3H2,1H3,(H,5,6);3-5H,2H2,1H3;1-2H3. The summed E-state index contributed by atoms with van der Waals surface area (Å²) in [6.07, 6.45) is 0.463. The molecule has 0 saturated carbocycles. The van der Waals surface area contributed by atoms with Crippen LogP contribution in [0.5, 0.6) is 0 Å². The van der Waals surface area contributed by atoms with Crippen molar-refractivity contribution in [2.45, 2.75) is 32.8 Å². The molecule has 0 bridgehead atoms. The lowest BCUT2D eigenvalue weighted by Crippen LogP contribution is -2.03. The number of carboxylic acids is 1. The second kappa shape index (κ2) is 18.2. The number of rotatable bonds is 3. The van der Waals surface area contributed by atoms with Gasteiger partial charge in [-0.15, -0.1) is 0 Å². The molecule has 0 fully saturated rings. The van der Waals surface area contributed by atoms with E-state index in [-0.39, 0.29) is 6.61 Å². The summed E-state index contributed by atoms with van der Waals surface area (Å²) in [6.45, 7) is 3.23. The summed E-state index contributed by atoms with van der Waals surface area (Å²) in [5.74, 6) is -0.711. The Morgan fingerprint density at radius 1 is 1.43 bits per heavy atom. The highest BCUT2D eigenvalue weighted by Crippen LogP contribution is 1.82. The van der Waals surface area contributed by atoms with E-state index in [9.17, 15) is 4.79 Å². The Morgan fingerprint density at radius 3 is 1.71 bits per heavy atom. The molecule has 0 aromatic rings. The molecule has 5 heteroatoms. The molecule has 0 aliphatic carbocycles. The molecule has 88 valence electrons. The summed E-state index contributed by atoms with van der Waals surface area (Å²) < 4.78 is 4.25. The summed E-state index contributed by atoms with van der Waals surface area (Å²) >= 11 is 0. The van der Waals surface area contributed by atoms with Gasteiger partial charge in [-0.2, -0.15) is 0 Å². The van der Waals surface area contributed by atoms with Crippen LogP contribution in [0.1, 0.15) is 26.7 Å². The van der Waals surface area contributed by atoms with Crippen molar-refractivity contribution >= 4 is 5.97 Å². The van der Waals surface area contributed by atoms with Crippen LogP contribution in [0.3, 0.4) is 0 Å². The number of hydrogen-bond donors (Lipinski definition) is 3. The molecule has 0 aromatic heterocycles. The molecule has 1 atom stereocenters. The Bertz CT molecular complexity index is 103. The summed E-state index contributed by atoms with van der Waals surface area (Å²) in [7, 11) is 3.25. The molecular formula is C9H22O5. The third kappa shape index (κ3) is 64.3. The van der Waals surface area contributed by atoms with Crippen molar-refractivity contribution < 1.29 is 24.9 Å². The van der Waals surface area contributed by atoms with E-state index in [1.165, 1.54) is 6.92 Å². The number of methoxy groups -OCH3 is 1. The van der Waals surface area contributed by atoms with E-state index in [2.05, 4.69) is 4.74 Å². The average Bonchev–Trinajstić information content (AvgIpc) is 2.06. The molecule has 14 heavy (non-hydrogen) atoms. The highest BCUT2D eigenvalue weighted by atomic mass is 16.4. The zero-order valence-corrected chi connectivity index (χ0v) is 9.36. The maximum absolute atomic E-state index is 9.60. The summed E-state index contributed by atoms with van der Waals surface area (Å²) in [6, 6.07) is 0. The summed E-state index contributed by atoms with van der Waals surface area (Å²) in [4.78, 5) is 9.60. The fourth-order valence-electron chi connectivity index (χ4n) is 0.214. The van der Waals surface area contributed by atoms with Crippen molar-refractivity contribution in [3.8, 4) is 0 Å². The van der Waals surface area contributed by atoms with Crippen molar-refractivity contribution in [1.29, 1.82) is 0 Å². The second-order valence-corrected chi connectivity index (χ2v) is 2.58. The van der Waals surface area contributed by atoms with Crippen LogP contribution < -0.4 is 0 Å². The van der Waals surface area contributed by atoms with Gasteiger partial charge in [0.25, 0.3) is 0 Å². The molecule has 0 saturated heterocycles. The minimum Gasteiger partial charge on any atom is -0.481 e. The normalized spacial score (nSPS) is 10.1. The van der Waals surface area contributed by atoms with Crippen LogP contribution in [0.4, 0.5) is 0 Å². The van der Waals surface area contributed by atoms with Gasteiger partial charge in [-0.25, -0.2) is 0 Å². The number of carboxylic acid groups (broad SMARTS) is 1. The van der Waals surface area contributed by atoms with Crippen molar-refractivity contribution in [1.82, 2.24) is 0 Å². The highest BCUT2D eigenvalue weighted by Gasteiger charge is 1.87. The summed E-state index contributed by atoms with van der Waals surface area (Å²) in [5.41, 5.74) is 0. The van der Waals surface area contributed by atoms with E-state index in [1.807, 2.05) is 6.92 Å². The molecule has 0 heterocycles. The Morgan fingerprint density at radius 2 is 1.71 bits per heavy atom. The minimum atomic E-state index is -0.711. The van der Waals surface area contributed by atoms with Gasteiger partial charge in [0.05, 0.1) is 12.7 Å². The van der Waals surface area contributed by atoms with E-state index in [0.29, 0.717) is 6.42 Å². The quantitative estimate of drug-likeness (QED) is 0.631. The van der Waals surface area contributed by atoms with Gasteiger partial charge in [0.2, 0.25) is 0 Å². The number of aliphatic hydroxyl groups excluding tert-OH is 2. The molecule has 0 aliphatic rings. The van der Waals surface area contributed by atoms with E-state index in [4.69, 9.17) is 15.3 Å². The van der Waals surface area contributed by atoms with Crippen LogP contribution >= 0.6 is 0 Å². The van der Waals surface area contributed by atoms with Gasteiger partial charge in [-0.3, -0.25) is 4.79 Å². The maximum atomic E-state index is 9.60. The molecule has 0 radical (unpaired) electrons. The molecule has 0 aliphatic heterocycles. The number of carbonyl (C=O) groups is 1. The first-order valence-corrected chi connectivity index (χ1v) is 4.36. The van der Waals surface area contributed by atoms with Crippen LogP contribution in [0.15, 0.2) is 0 Å². The van der Waals surface area contributed by atoms with Gasteiger partial charge >= 0.3 is 5.97 Å². The van der Waals surface area contributed by atoms with E-state index < -0.39 is 12.1 Å². The zero-order valence-electron chi connectivity index (χ0n) is 9.36. The maximum Gasteiger partial charge on any atom is 0.303 e. The molecule has 3 N–H and O–H groups in total. The van der Waals surface area contributed by atoms with Crippen LogP contribution in [-0.2, 0) is 9.53 Å². The molecular weight excluding hydrogens is 188 g/mol. The molecule has 0 aromatic carbocycles. The third-order valence-corrected chi connectivity index (χ3v) is 0.728. The lowest BCUT2D eigenvalue weighted by molar-refractivity contribution is -0.137. The largest absolute Gasteiger partial charge is 0.481 e. The Balaban J connectivity index is -0.000000138. The van der Waals surface area contributed by atoms with Gasteiger partial charge in [0.15, 0.2) is 0 Å². The number of aliphatic hydroxyl groups is 2. The first kappa shape index (κ1) is 19.0. The van der Waals surface area contributed by atoms with Gasteiger partial charge in [-0.05, 0) is 13.3 Å². The first-order valence-electron chi connectivity index (χ1n) is 4.36. The number of hydrogen-bond acceptors (Lipinski definition) is 4. The lowest BCUT2D eigenvalue weighted by Gasteiger charge is -1.90. The van der Waals surface area contributed by atoms with Gasteiger partial charge in [0.1, 0.15) is 0 Å². The molecule has 0 rings (SSSR count). The third-order valence-electron chi connectivity index (χ3n) is 0.728. The smallest absolute Gasteiger partial charge is 0.303 e. The van der Waals surface area contributed by atoms with Crippen LogP contribution in [-0.4, -0.2) is 48.2 Å². The van der Waals surface area contributed by atoms with Crippen molar-refractivity contribution in [2.24, 2.45) is 0 Å². The average molecular weight is 210 g/mol. The Labute approximate surface area is 85.3 Å². The number of ether oxygens (including phenoxy) is 1. The Kier molecular flexibility index (Phi) is 24.7. The Hall–Kier alpha value is -0.650. The van der Waals surface area contributed by atoms with E-state index in [1.54, 1.807) is 14.2 Å². The van der Waals surface area contributed by atoms with Crippen LogP contribution in [0.2, 0.25) is 0 Å². The van der Waals surface area contributed by atoms with Gasteiger partial charge in [-0.1, -0.05) is 6.92 Å². The van der Waals surface area contributed by atoms with Crippen LogP contribution in [0.25, 0.3) is 0 Å². The predicted molar refractivity (Wildman–Crippen MR) is 54.2 cm³/mol. The predicted octanol–water partition coefficient (Wildman–Crippen LogP) is 0.493. The molecule has 5 nitrogen and oxygen atoms in total. The van der Waals surface area contributed by atoms with Gasteiger partial charge < -0.3 is 20.1 Å². The van der Waals surface area contributed by atoms with Crippen molar-refractivity contribution in [2.75, 3.05) is 20.8 Å². The van der Waals surface area contributed by atoms with Gasteiger partial charge in [0, 0.05) is 20.6 Å². The molecule has 0 spiro atoms.